The molecule has 0 aliphatic heterocycles. The molecule has 0 saturated carbocycles. The number of nitrogens with one attached hydrogen (secondary N) is 1. The zero-order valence-electron chi connectivity index (χ0n) is 15.9. The van der Waals surface area contributed by atoms with Crippen LogP contribution in [0.5, 0.6) is 0 Å². The first kappa shape index (κ1) is 19.4. The van der Waals surface area contributed by atoms with Gasteiger partial charge in [0.1, 0.15) is 5.76 Å². The van der Waals surface area contributed by atoms with Gasteiger partial charge in [0.05, 0.1) is 19.4 Å². The van der Waals surface area contributed by atoms with Crippen molar-refractivity contribution >= 4 is 22.9 Å². The number of furan rings is 1. The molecule has 1 aromatic carbocycles. The van der Waals surface area contributed by atoms with E-state index in [9.17, 15) is 4.79 Å². The van der Waals surface area contributed by atoms with Crippen LogP contribution in [-0.2, 0) is 30.7 Å². The Morgan fingerprint density at radius 2 is 1.81 bits per heavy atom. The van der Waals surface area contributed by atoms with Crippen molar-refractivity contribution in [3.05, 3.63) is 75.9 Å². The molecule has 0 aliphatic carbocycles. The molecule has 1 N–H and O–H groups in total. The quantitative estimate of drug-likeness (QED) is 0.559. The third-order valence-electron chi connectivity index (χ3n) is 4.55. The Balaban J connectivity index is 1.72. The molecule has 0 atom stereocenters. The van der Waals surface area contributed by atoms with E-state index < -0.39 is 0 Å². The summed E-state index contributed by atoms with van der Waals surface area (Å²) in [5, 5.41) is 5.22. The van der Waals surface area contributed by atoms with Crippen molar-refractivity contribution < 1.29 is 9.21 Å². The smallest absolute Gasteiger partial charge is 0.238 e. The summed E-state index contributed by atoms with van der Waals surface area (Å²) in [6.07, 6.45) is 3.47. The molecule has 0 radical (unpaired) electrons. The maximum Gasteiger partial charge on any atom is 0.238 e. The Kier molecular flexibility index (Phi) is 6.85. The largest absolute Gasteiger partial charge is 0.468 e. The predicted molar refractivity (Wildman–Crippen MR) is 111 cm³/mol. The zero-order valence-corrected chi connectivity index (χ0v) is 16.7. The average Bonchev–Trinajstić information content (AvgIpc) is 3.36. The monoisotopic (exact) mass is 382 g/mol. The molecule has 27 heavy (non-hydrogen) atoms. The fraction of sp³-hybridized carbons (Fsp3) is 0.318. The SMILES string of the molecule is CCc1cccc(CC)c1NC(=O)CN(Cc1ccco1)Cc1cccs1. The first-order valence-corrected chi connectivity index (χ1v) is 10.2. The van der Waals surface area contributed by atoms with Crippen molar-refractivity contribution in [3.8, 4) is 0 Å². The summed E-state index contributed by atoms with van der Waals surface area (Å²) in [5.41, 5.74) is 3.33. The minimum Gasteiger partial charge on any atom is -0.468 e. The van der Waals surface area contributed by atoms with Gasteiger partial charge in [-0.3, -0.25) is 9.69 Å². The summed E-state index contributed by atoms with van der Waals surface area (Å²) in [7, 11) is 0. The van der Waals surface area contributed by atoms with Crippen LogP contribution in [0.2, 0.25) is 0 Å². The van der Waals surface area contributed by atoms with Crippen LogP contribution in [0.4, 0.5) is 5.69 Å². The van der Waals surface area contributed by atoms with Crippen LogP contribution in [0.15, 0.2) is 58.5 Å². The van der Waals surface area contributed by atoms with Crippen molar-refractivity contribution in [2.75, 3.05) is 11.9 Å². The van der Waals surface area contributed by atoms with Crippen LogP contribution in [0.3, 0.4) is 0 Å². The lowest BCUT2D eigenvalue weighted by molar-refractivity contribution is -0.117. The molecule has 3 rings (SSSR count). The van der Waals surface area contributed by atoms with Gasteiger partial charge in [-0.2, -0.15) is 0 Å². The number of rotatable bonds is 9. The first-order valence-electron chi connectivity index (χ1n) is 9.37. The van der Waals surface area contributed by atoms with Gasteiger partial charge in [-0.25, -0.2) is 0 Å². The summed E-state index contributed by atoms with van der Waals surface area (Å²) in [6.45, 7) is 5.88. The molecule has 0 saturated heterocycles. The van der Waals surface area contributed by atoms with Crippen LogP contribution >= 0.6 is 11.3 Å². The van der Waals surface area contributed by atoms with Gasteiger partial charge < -0.3 is 9.73 Å². The molecule has 0 bridgehead atoms. The lowest BCUT2D eigenvalue weighted by atomic mass is 10.0. The van der Waals surface area contributed by atoms with E-state index in [1.54, 1.807) is 17.6 Å². The zero-order chi connectivity index (χ0) is 19.1. The third-order valence-corrected chi connectivity index (χ3v) is 5.41. The van der Waals surface area contributed by atoms with Crippen molar-refractivity contribution in [1.29, 1.82) is 0 Å². The van der Waals surface area contributed by atoms with Gasteiger partial charge in [-0.1, -0.05) is 38.1 Å². The normalized spacial score (nSPS) is 11.1. The van der Waals surface area contributed by atoms with E-state index in [-0.39, 0.29) is 5.91 Å². The lowest BCUT2D eigenvalue weighted by Crippen LogP contribution is -2.32. The second kappa shape index (κ2) is 9.53. The highest BCUT2D eigenvalue weighted by Crippen LogP contribution is 2.23. The van der Waals surface area contributed by atoms with Crippen molar-refractivity contribution in [2.45, 2.75) is 39.8 Å². The molecule has 2 aromatic heterocycles. The summed E-state index contributed by atoms with van der Waals surface area (Å²) < 4.78 is 5.49. The fourth-order valence-electron chi connectivity index (χ4n) is 3.20. The van der Waals surface area contributed by atoms with Gasteiger partial charge >= 0.3 is 0 Å². The van der Waals surface area contributed by atoms with E-state index in [0.29, 0.717) is 13.1 Å². The molecular weight excluding hydrogens is 356 g/mol. The number of hydrogen-bond acceptors (Lipinski definition) is 4. The van der Waals surface area contributed by atoms with Crippen LogP contribution in [0, 0.1) is 0 Å². The Morgan fingerprint density at radius 1 is 1.04 bits per heavy atom. The number of amides is 1. The number of nitrogens with zero attached hydrogens (tertiary/aromatic N) is 1. The molecule has 0 aliphatic rings. The molecule has 0 spiro atoms. The number of para-hydroxylation sites is 1. The van der Waals surface area contributed by atoms with E-state index in [4.69, 9.17) is 4.42 Å². The second-order valence-electron chi connectivity index (χ2n) is 6.51. The average molecular weight is 383 g/mol. The molecule has 0 unspecified atom stereocenters. The minimum absolute atomic E-state index is 0.00807. The number of carbonyl (C=O) groups is 1. The number of aryl methyl sites for hydroxylation is 2. The van der Waals surface area contributed by atoms with Crippen LogP contribution in [0.25, 0.3) is 0 Å². The van der Waals surface area contributed by atoms with E-state index in [1.165, 1.54) is 16.0 Å². The molecule has 3 aromatic rings. The Bertz CT molecular complexity index is 783. The van der Waals surface area contributed by atoms with E-state index in [0.717, 1.165) is 30.8 Å². The van der Waals surface area contributed by atoms with E-state index >= 15 is 0 Å². The number of benzene rings is 1. The number of carbonyl (C=O) groups excluding carboxylic acids is 1. The maximum absolute atomic E-state index is 12.8. The van der Waals surface area contributed by atoms with Gasteiger partial charge in [-0.15, -0.1) is 11.3 Å². The van der Waals surface area contributed by atoms with Gasteiger partial charge in [0.25, 0.3) is 0 Å². The van der Waals surface area contributed by atoms with Crippen molar-refractivity contribution in [3.63, 3.8) is 0 Å². The van der Waals surface area contributed by atoms with Gasteiger partial charge in [-0.05, 0) is 47.5 Å². The standard InChI is InChI=1S/C22H26N2O2S/c1-3-17-8-5-9-18(4-2)22(17)23-21(25)16-24(14-19-10-6-12-26-19)15-20-11-7-13-27-20/h5-13H,3-4,14-16H2,1-2H3,(H,23,25). The summed E-state index contributed by atoms with van der Waals surface area (Å²) in [4.78, 5) is 16.2. The number of thiophene rings is 1. The fourth-order valence-corrected chi connectivity index (χ4v) is 3.94. The molecule has 0 fully saturated rings. The van der Waals surface area contributed by atoms with Crippen LogP contribution in [-0.4, -0.2) is 17.4 Å². The second-order valence-corrected chi connectivity index (χ2v) is 7.54. The van der Waals surface area contributed by atoms with Gasteiger partial charge in [0.15, 0.2) is 0 Å². The maximum atomic E-state index is 12.8. The molecular formula is C22H26N2O2S. The predicted octanol–water partition coefficient (Wildman–Crippen LogP) is 5.11. The molecule has 4 nitrogen and oxygen atoms in total. The summed E-state index contributed by atoms with van der Waals surface area (Å²) >= 11 is 1.70. The first-order chi connectivity index (χ1) is 13.2. The van der Waals surface area contributed by atoms with E-state index in [2.05, 4.69) is 53.7 Å². The Labute approximate surface area is 164 Å². The van der Waals surface area contributed by atoms with E-state index in [1.807, 2.05) is 18.2 Å². The Morgan fingerprint density at radius 3 is 2.41 bits per heavy atom. The highest BCUT2D eigenvalue weighted by Gasteiger charge is 2.16. The third kappa shape index (κ3) is 5.31. The van der Waals surface area contributed by atoms with Crippen molar-refractivity contribution in [1.82, 2.24) is 4.90 Å². The highest BCUT2D eigenvalue weighted by molar-refractivity contribution is 7.09. The molecule has 142 valence electrons. The van der Waals surface area contributed by atoms with Crippen molar-refractivity contribution in [2.24, 2.45) is 0 Å². The molecule has 5 heteroatoms. The highest BCUT2D eigenvalue weighted by atomic mass is 32.1. The number of anilines is 1. The minimum atomic E-state index is 0.00807. The van der Waals surface area contributed by atoms with Crippen LogP contribution < -0.4 is 5.32 Å². The topological polar surface area (TPSA) is 45.5 Å². The summed E-state index contributed by atoms with van der Waals surface area (Å²) in [5.74, 6) is 0.872. The van der Waals surface area contributed by atoms with Crippen LogP contribution in [0.1, 0.15) is 35.6 Å². The lowest BCUT2D eigenvalue weighted by Gasteiger charge is -2.21. The van der Waals surface area contributed by atoms with Gasteiger partial charge in [0.2, 0.25) is 5.91 Å². The number of hydrogen-bond donors (Lipinski definition) is 1. The molecule has 2 heterocycles. The Hall–Kier alpha value is -2.37. The van der Waals surface area contributed by atoms with Gasteiger partial charge in [0, 0.05) is 17.1 Å². The summed E-state index contributed by atoms with van der Waals surface area (Å²) in [6, 6.07) is 14.2. The molecule has 1 amide bonds.